The van der Waals surface area contributed by atoms with E-state index >= 15 is 0 Å². The third-order valence-electron chi connectivity index (χ3n) is 7.04. The van der Waals surface area contributed by atoms with Gasteiger partial charge in [-0.3, -0.25) is 19.8 Å². The van der Waals surface area contributed by atoms with Crippen molar-refractivity contribution in [3.8, 4) is 11.1 Å². The molecule has 2 aliphatic heterocycles. The second-order valence-electron chi connectivity index (χ2n) is 11.4. The number of hydrogen-bond donors (Lipinski definition) is 2. The van der Waals surface area contributed by atoms with Gasteiger partial charge in [-0.15, -0.1) is 0 Å². The van der Waals surface area contributed by atoms with E-state index in [2.05, 4.69) is 69.3 Å². The monoisotopic (exact) mass is 490 g/mol. The third kappa shape index (κ3) is 6.11. The molecule has 8 nitrogen and oxygen atoms in total. The molecule has 36 heavy (non-hydrogen) atoms. The van der Waals surface area contributed by atoms with Crippen LogP contribution in [0.2, 0.25) is 0 Å². The first-order valence-corrected chi connectivity index (χ1v) is 13.1. The minimum atomic E-state index is -0.105. The van der Waals surface area contributed by atoms with Crippen molar-refractivity contribution in [1.29, 1.82) is 0 Å². The lowest BCUT2D eigenvalue weighted by Gasteiger charge is -2.36. The lowest BCUT2D eigenvalue weighted by atomic mass is 9.94. The molecule has 5 rings (SSSR count). The Balaban J connectivity index is 1.27. The zero-order valence-electron chi connectivity index (χ0n) is 21.7. The summed E-state index contributed by atoms with van der Waals surface area (Å²) in [5.41, 5.74) is 4.87. The van der Waals surface area contributed by atoms with E-state index in [1.807, 2.05) is 18.5 Å². The number of nitrogens with zero attached hydrogens (tertiary/aromatic N) is 4. The van der Waals surface area contributed by atoms with Gasteiger partial charge in [0.15, 0.2) is 5.69 Å². The van der Waals surface area contributed by atoms with Gasteiger partial charge in [0.25, 0.3) is 5.91 Å². The summed E-state index contributed by atoms with van der Waals surface area (Å²) in [5.74, 6) is -0.105. The topological polar surface area (TPSA) is 86.4 Å². The Morgan fingerprint density at radius 2 is 1.83 bits per heavy atom. The molecule has 2 fully saturated rings. The van der Waals surface area contributed by atoms with Crippen LogP contribution in [0.1, 0.15) is 49.7 Å². The van der Waals surface area contributed by atoms with E-state index in [9.17, 15) is 4.79 Å². The Morgan fingerprint density at radius 3 is 2.58 bits per heavy atom. The molecule has 0 aliphatic carbocycles. The van der Waals surface area contributed by atoms with Crippen LogP contribution in [0.25, 0.3) is 22.0 Å². The lowest BCUT2D eigenvalue weighted by molar-refractivity contribution is 0.0341. The lowest BCUT2D eigenvalue weighted by Crippen LogP contribution is -2.46. The maximum atomic E-state index is 13.2. The fourth-order valence-corrected chi connectivity index (χ4v) is 5.28. The standard InChI is InChI=1S/C28H38N6O2/c1-28(2,3)19-34-8-6-23(7-9-34)30-27(35)26-24-15-21(4-5-25(24)31-32-26)22-14-20(16-29-17-22)18-33-10-12-36-13-11-33/h4-5,14-17,23H,6-13,18-19H2,1-3H3,(H,30,35)(H,31,32). The molecule has 2 aromatic heterocycles. The smallest absolute Gasteiger partial charge is 0.272 e. The van der Waals surface area contributed by atoms with Crippen molar-refractivity contribution < 1.29 is 9.53 Å². The predicted octanol–water partition coefficient (Wildman–Crippen LogP) is 3.70. The molecule has 2 saturated heterocycles. The van der Waals surface area contributed by atoms with Gasteiger partial charge in [0.2, 0.25) is 0 Å². The molecular formula is C28H38N6O2. The summed E-state index contributed by atoms with van der Waals surface area (Å²) in [5, 5.41) is 11.5. The number of morpholine rings is 1. The molecule has 0 spiro atoms. The number of amides is 1. The summed E-state index contributed by atoms with van der Waals surface area (Å²) in [6.45, 7) is 14.2. The van der Waals surface area contributed by atoms with Crippen LogP contribution in [-0.4, -0.2) is 82.9 Å². The van der Waals surface area contributed by atoms with Crippen molar-refractivity contribution in [1.82, 2.24) is 30.3 Å². The number of pyridine rings is 1. The molecule has 0 saturated carbocycles. The summed E-state index contributed by atoms with van der Waals surface area (Å²) in [6.07, 6.45) is 5.75. The first kappa shape index (κ1) is 24.9. The summed E-state index contributed by atoms with van der Waals surface area (Å²) in [7, 11) is 0. The molecular weight excluding hydrogens is 452 g/mol. The maximum Gasteiger partial charge on any atom is 0.272 e. The largest absolute Gasteiger partial charge is 0.379 e. The highest BCUT2D eigenvalue weighted by Crippen LogP contribution is 2.26. The number of hydrogen-bond acceptors (Lipinski definition) is 6. The Bertz CT molecular complexity index is 1190. The van der Waals surface area contributed by atoms with Gasteiger partial charge >= 0.3 is 0 Å². The number of aromatic amines is 1. The van der Waals surface area contributed by atoms with Crippen LogP contribution in [0.5, 0.6) is 0 Å². The zero-order chi connectivity index (χ0) is 25.1. The van der Waals surface area contributed by atoms with Gasteiger partial charge in [-0.2, -0.15) is 5.10 Å². The van der Waals surface area contributed by atoms with Crippen molar-refractivity contribution in [2.45, 2.75) is 46.2 Å². The minimum absolute atomic E-state index is 0.105. The number of H-pyrrole nitrogens is 1. The predicted molar refractivity (Wildman–Crippen MR) is 142 cm³/mol. The molecule has 3 aromatic rings. The van der Waals surface area contributed by atoms with E-state index in [-0.39, 0.29) is 11.9 Å². The molecule has 0 unspecified atom stereocenters. The van der Waals surface area contributed by atoms with Gasteiger partial charge < -0.3 is 15.0 Å². The fraction of sp³-hybridized carbons (Fsp3) is 0.536. The second kappa shape index (κ2) is 10.7. The van der Waals surface area contributed by atoms with Gasteiger partial charge in [-0.05, 0) is 47.6 Å². The number of carbonyl (C=O) groups is 1. The van der Waals surface area contributed by atoms with E-state index in [4.69, 9.17) is 4.74 Å². The molecule has 0 bridgehead atoms. The Kier molecular flexibility index (Phi) is 7.37. The van der Waals surface area contributed by atoms with Crippen molar-refractivity contribution in [2.75, 3.05) is 45.9 Å². The number of ether oxygens (including phenoxy) is 1. The molecule has 4 heterocycles. The molecule has 2 aliphatic rings. The van der Waals surface area contributed by atoms with Gasteiger partial charge in [0.1, 0.15) is 0 Å². The molecule has 1 aromatic carbocycles. The van der Waals surface area contributed by atoms with Crippen molar-refractivity contribution in [3.05, 3.63) is 47.9 Å². The number of carbonyl (C=O) groups excluding carboxylic acids is 1. The number of benzene rings is 1. The van der Waals surface area contributed by atoms with Crippen LogP contribution < -0.4 is 5.32 Å². The van der Waals surface area contributed by atoms with Crippen LogP contribution >= 0.6 is 0 Å². The van der Waals surface area contributed by atoms with Gasteiger partial charge in [-0.1, -0.05) is 26.8 Å². The summed E-state index contributed by atoms with van der Waals surface area (Å²) in [6, 6.07) is 8.48. The van der Waals surface area contributed by atoms with E-state index in [0.29, 0.717) is 11.1 Å². The van der Waals surface area contributed by atoms with Crippen LogP contribution in [-0.2, 0) is 11.3 Å². The highest BCUT2D eigenvalue weighted by molar-refractivity contribution is 6.05. The number of fused-ring (bicyclic) bond motifs is 1. The van der Waals surface area contributed by atoms with Crippen molar-refractivity contribution in [2.24, 2.45) is 5.41 Å². The van der Waals surface area contributed by atoms with E-state index in [1.54, 1.807) is 0 Å². The molecule has 2 N–H and O–H groups in total. The Hall–Kier alpha value is -2.81. The molecule has 0 atom stereocenters. The molecule has 8 heteroatoms. The summed E-state index contributed by atoms with van der Waals surface area (Å²) < 4.78 is 5.46. The SMILES string of the molecule is CC(C)(C)CN1CCC(NC(=O)c2n[nH]c3ccc(-c4cncc(CN5CCOCC5)c4)cc23)CC1. The van der Waals surface area contributed by atoms with E-state index in [1.165, 1.54) is 5.56 Å². The first-order chi connectivity index (χ1) is 17.3. The molecule has 192 valence electrons. The van der Waals surface area contributed by atoms with Crippen molar-refractivity contribution >= 4 is 16.8 Å². The quantitative estimate of drug-likeness (QED) is 0.548. The Morgan fingerprint density at radius 1 is 1.06 bits per heavy atom. The Labute approximate surface area is 213 Å². The van der Waals surface area contributed by atoms with Crippen LogP contribution in [0.4, 0.5) is 0 Å². The number of nitrogens with one attached hydrogen (secondary N) is 2. The highest BCUT2D eigenvalue weighted by Gasteiger charge is 2.25. The number of likely N-dealkylation sites (tertiary alicyclic amines) is 1. The maximum absolute atomic E-state index is 13.2. The second-order valence-corrected chi connectivity index (χ2v) is 11.4. The summed E-state index contributed by atoms with van der Waals surface area (Å²) in [4.78, 5) is 22.6. The van der Waals surface area contributed by atoms with Crippen LogP contribution in [0.15, 0.2) is 36.7 Å². The van der Waals surface area contributed by atoms with Gasteiger partial charge in [0.05, 0.1) is 18.7 Å². The fourth-order valence-electron chi connectivity index (χ4n) is 5.28. The van der Waals surface area contributed by atoms with Gasteiger partial charge in [0, 0.05) is 68.7 Å². The normalized spacial score (nSPS) is 18.5. The first-order valence-electron chi connectivity index (χ1n) is 13.1. The van der Waals surface area contributed by atoms with Crippen LogP contribution in [0, 0.1) is 5.41 Å². The van der Waals surface area contributed by atoms with Crippen LogP contribution in [0.3, 0.4) is 0 Å². The van der Waals surface area contributed by atoms with E-state index < -0.39 is 0 Å². The van der Waals surface area contributed by atoms with E-state index in [0.717, 1.165) is 87.4 Å². The zero-order valence-corrected chi connectivity index (χ0v) is 21.7. The average Bonchev–Trinajstić information content (AvgIpc) is 3.29. The average molecular weight is 491 g/mol. The number of aromatic nitrogens is 3. The van der Waals surface area contributed by atoms with Gasteiger partial charge in [-0.25, -0.2) is 0 Å². The van der Waals surface area contributed by atoms with Crippen molar-refractivity contribution in [3.63, 3.8) is 0 Å². The minimum Gasteiger partial charge on any atom is -0.379 e. The highest BCUT2D eigenvalue weighted by atomic mass is 16.5. The molecule has 1 amide bonds. The molecule has 0 radical (unpaired) electrons. The number of rotatable bonds is 6. The summed E-state index contributed by atoms with van der Waals surface area (Å²) >= 11 is 0. The number of piperidine rings is 1. The third-order valence-corrected chi connectivity index (χ3v) is 7.04.